The maximum atomic E-state index is 9.60. The molecule has 0 heterocycles. The van der Waals surface area contributed by atoms with Crippen LogP contribution in [0, 0.1) is 29.9 Å². The Balaban J connectivity index is 0. The predicted octanol–water partition coefficient (Wildman–Crippen LogP) is 0.871. The van der Waals surface area contributed by atoms with Crippen LogP contribution in [-0.4, -0.2) is 11.1 Å². The van der Waals surface area contributed by atoms with E-state index in [0.29, 0.717) is 6.42 Å². The number of aliphatic carboxylic acids is 1. The third-order valence-electron chi connectivity index (χ3n) is 0.464. The minimum Gasteiger partial charge on any atom is -0.481 e. The van der Waals surface area contributed by atoms with Gasteiger partial charge in [0.05, 0.1) is 0 Å². The molecule has 0 aromatic heterocycles. The molecule has 0 fully saturated rings. The van der Waals surface area contributed by atoms with Gasteiger partial charge in [0.2, 0.25) is 0 Å². The van der Waals surface area contributed by atoms with Crippen LogP contribution < -0.4 is 0 Å². The molecule has 0 bridgehead atoms. The molecule has 0 aliphatic rings. The van der Waals surface area contributed by atoms with Crippen molar-refractivity contribution < 1.29 is 39.8 Å². The average Bonchev–Trinajstić information content (AvgIpc) is 1.35. The van der Waals surface area contributed by atoms with E-state index in [1.54, 1.807) is 0 Å². The molecule has 41 valence electrons. The minimum absolute atomic E-state index is 0. The molecule has 0 saturated heterocycles. The van der Waals surface area contributed by atoms with Crippen LogP contribution in [0.15, 0.2) is 0 Å². The standard InChI is InChI=1S/C4H8O2.Np/c1-2-3-4(5)6;/h2-3H2,1H3,(H,5,6);. The molecule has 0 aliphatic heterocycles. The van der Waals surface area contributed by atoms with E-state index in [1.165, 1.54) is 0 Å². The molecule has 0 aromatic rings. The van der Waals surface area contributed by atoms with Gasteiger partial charge >= 0.3 is 5.97 Å². The maximum absolute atomic E-state index is 9.60. The van der Waals surface area contributed by atoms with Crippen molar-refractivity contribution in [3.8, 4) is 0 Å². The SMILES string of the molecule is CCCC(=O)O.[Np]. The molecule has 0 saturated carbocycles. The summed E-state index contributed by atoms with van der Waals surface area (Å²) in [6.07, 6.45) is 1.02. The summed E-state index contributed by atoms with van der Waals surface area (Å²) in [5.74, 6) is -0.711. The summed E-state index contributed by atoms with van der Waals surface area (Å²) < 4.78 is 0. The third kappa shape index (κ3) is 10.7. The van der Waals surface area contributed by atoms with Gasteiger partial charge in [-0.05, 0) is 6.42 Å². The van der Waals surface area contributed by atoms with E-state index in [-0.39, 0.29) is 29.9 Å². The Hall–Kier alpha value is 0.483. The molecular formula is C4H8NpO2. The van der Waals surface area contributed by atoms with Crippen LogP contribution in [-0.2, 0) is 4.79 Å². The number of carboxylic acid groups (broad SMARTS) is 1. The van der Waals surface area contributed by atoms with E-state index in [2.05, 4.69) is 0 Å². The van der Waals surface area contributed by atoms with Crippen molar-refractivity contribution >= 4 is 5.97 Å². The van der Waals surface area contributed by atoms with Crippen molar-refractivity contribution in [2.45, 2.75) is 19.8 Å². The molecule has 2 nitrogen and oxygen atoms in total. The molecule has 0 amide bonds. The second-order valence-electron chi connectivity index (χ2n) is 1.14. The summed E-state index contributed by atoms with van der Waals surface area (Å²) in [6.45, 7) is 1.84. The zero-order chi connectivity index (χ0) is 4.99. The summed E-state index contributed by atoms with van der Waals surface area (Å²) in [5, 5.41) is 7.91. The number of rotatable bonds is 2. The molecule has 7 heavy (non-hydrogen) atoms. The van der Waals surface area contributed by atoms with Crippen LogP contribution in [0.1, 0.15) is 19.8 Å². The van der Waals surface area contributed by atoms with Crippen LogP contribution in [0.2, 0.25) is 0 Å². The van der Waals surface area contributed by atoms with Gasteiger partial charge in [-0.25, -0.2) is 0 Å². The summed E-state index contributed by atoms with van der Waals surface area (Å²) in [5.41, 5.74) is 0. The summed E-state index contributed by atoms with van der Waals surface area (Å²) >= 11 is 0. The largest absolute Gasteiger partial charge is 0.481 e. The van der Waals surface area contributed by atoms with Gasteiger partial charge in [-0.15, -0.1) is 0 Å². The van der Waals surface area contributed by atoms with Gasteiger partial charge in [-0.1, -0.05) is 6.92 Å². The van der Waals surface area contributed by atoms with Crippen molar-refractivity contribution in [3.63, 3.8) is 0 Å². The Bertz CT molecular complexity index is 53.7. The van der Waals surface area contributed by atoms with Crippen LogP contribution >= 0.6 is 0 Å². The van der Waals surface area contributed by atoms with Crippen LogP contribution in [0.4, 0.5) is 0 Å². The molecule has 1 radical (unpaired) electrons. The molecule has 0 aromatic carbocycles. The fourth-order valence-electron chi connectivity index (χ4n) is 0.214. The molecule has 0 spiro atoms. The normalized spacial score (nSPS) is 7.00. The number of hydrogen-bond donors (Lipinski definition) is 1. The van der Waals surface area contributed by atoms with Gasteiger partial charge in [0.1, 0.15) is 0 Å². The molecular weight excluding hydrogens is 317 g/mol. The molecule has 0 unspecified atom stereocenters. The van der Waals surface area contributed by atoms with Crippen molar-refractivity contribution in [3.05, 3.63) is 0 Å². The summed E-state index contributed by atoms with van der Waals surface area (Å²) in [7, 11) is 0. The Morgan fingerprint density at radius 3 is 2.14 bits per heavy atom. The second kappa shape index (κ2) is 6.48. The predicted molar refractivity (Wildman–Crippen MR) is 22.5 cm³/mol. The molecule has 0 rings (SSSR count). The summed E-state index contributed by atoms with van der Waals surface area (Å²) in [4.78, 5) is 9.60. The first-order valence-corrected chi connectivity index (χ1v) is 1.99. The van der Waals surface area contributed by atoms with E-state index in [9.17, 15) is 4.79 Å². The first-order valence-electron chi connectivity index (χ1n) is 1.99. The number of carbonyl (C=O) groups is 1. The maximum Gasteiger partial charge on any atom is 0.303 e. The van der Waals surface area contributed by atoms with Crippen molar-refractivity contribution in [1.29, 1.82) is 0 Å². The quantitative estimate of drug-likeness (QED) is 0.818. The Labute approximate surface area is 65.6 Å². The van der Waals surface area contributed by atoms with E-state index >= 15 is 0 Å². The zero-order valence-corrected chi connectivity index (χ0v) is 7.94. The molecule has 0 atom stereocenters. The van der Waals surface area contributed by atoms with Gasteiger partial charge in [0.15, 0.2) is 0 Å². The molecule has 3 heteroatoms. The average molecular weight is 325 g/mol. The monoisotopic (exact) mass is 324 g/mol. The fraction of sp³-hybridized carbons (Fsp3) is 0.750. The Kier molecular flexibility index (Phi) is 9.69. The molecule has 0 aliphatic carbocycles. The molecule has 1 N–H and O–H groups in total. The smallest absolute Gasteiger partial charge is 0.303 e. The topological polar surface area (TPSA) is 37.3 Å². The Morgan fingerprint density at radius 1 is 1.71 bits per heavy atom. The van der Waals surface area contributed by atoms with Gasteiger partial charge in [0, 0.05) is 36.4 Å². The summed E-state index contributed by atoms with van der Waals surface area (Å²) in [6, 6.07) is 0. The first kappa shape index (κ1) is 10.5. The minimum atomic E-state index is -0.711. The zero-order valence-electron chi connectivity index (χ0n) is 4.22. The van der Waals surface area contributed by atoms with Crippen molar-refractivity contribution in [2.24, 2.45) is 0 Å². The van der Waals surface area contributed by atoms with E-state index < -0.39 is 5.97 Å². The third-order valence-corrected chi connectivity index (χ3v) is 0.464. The van der Waals surface area contributed by atoms with Crippen LogP contribution in [0.5, 0.6) is 0 Å². The van der Waals surface area contributed by atoms with Gasteiger partial charge < -0.3 is 5.11 Å². The van der Waals surface area contributed by atoms with E-state index in [4.69, 9.17) is 5.11 Å². The number of carboxylic acids is 1. The fourth-order valence-corrected chi connectivity index (χ4v) is 0.214. The van der Waals surface area contributed by atoms with Gasteiger partial charge in [0.25, 0.3) is 0 Å². The van der Waals surface area contributed by atoms with E-state index in [1.807, 2.05) is 6.92 Å². The van der Waals surface area contributed by atoms with Gasteiger partial charge in [-0.2, -0.15) is 0 Å². The van der Waals surface area contributed by atoms with Crippen LogP contribution in [0.25, 0.3) is 0 Å². The van der Waals surface area contributed by atoms with E-state index in [0.717, 1.165) is 6.42 Å². The van der Waals surface area contributed by atoms with Crippen molar-refractivity contribution in [2.75, 3.05) is 0 Å². The Morgan fingerprint density at radius 2 is 2.14 bits per heavy atom. The number of hydrogen-bond acceptors (Lipinski definition) is 1. The van der Waals surface area contributed by atoms with Crippen LogP contribution in [0.3, 0.4) is 0 Å². The van der Waals surface area contributed by atoms with Gasteiger partial charge in [-0.3, -0.25) is 4.79 Å². The first-order chi connectivity index (χ1) is 2.77. The second-order valence-corrected chi connectivity index (χ2v) is 1.14. The van der Waals surface area contributed by atoms with Crippen molar-refractivity contribution in [1.82, 2.24) is 0 Å².